The number of rotatable bonds is 1. The summed E-state index contributed by atoms with van der Waals surface area (Å²) < 4.78 is 5.32. The molecule has 9 heavy (non-hydrogen) atoms. The van der Waals surface area contributed by atoms with Gasteiger partial charge >= 0.3 is 0 Å². The molecule has 0 N–H and O–H groups in total. The second kappa shape index (κ2) is 1.96. The Labute approximate surface area is 55.8 Å². The highest BCUT2D eigenvalue weighted by Gasteiger charge is 2.40. The summed E-state index contributed by atoms with van der Waals surface area (Å²) in [6, 6.07) is 1.54. The molecule has 2 nitrogen and oxygen atoms in total. The summed E-state index contributed by atoms with van der Waals surface area (Å²) in [4.78, 5) is 2.53. The Balaban J connectivity index is 1.97. The number of ether oxygens (including phenoxy) is 1. The van der Waals surface area contributed by atoms with E-state index in [4.69, 9.17) is 4.74 Å². The molecule has 0 aromatic heterocycles. The lowest BCUT2D eigenvalue weighted by Gasteiger charge is -2.52. The number of nitrogens with zero attached hydrogens (tertiary/aromatic N) is 1. The highest BCUT2D eigenvalue weighted by molar-refractivity contribution is 4.94. The quantitative estimate of drug-likeness (QED) is 0.508. The third-order valence-corrected chi connectivity index (χ3v) is 2.47. The van der Waals surface area contributed by atoms with E-state index in [1.54, 1.807) is 0 Å². The Bertz CT molecular complexity index is 101. The first-order valence-corrected chi connectivity index (χ1v) is 3.75. The Morgan fingerprint density at radius 3 is 2.44 bits per heavy atom. The number of hydrogen-bond acceptors (Lipinski definition) is 2. The molecule has 3 aliphatic rings. The van der Waals surface area contributed by atoms with Crippen molar-refractivity contribution in [3.05, 3.63) is 0 Å². The topological polar surface area (TPSA) is 12.5 Å². The van der Waals surface area contributed by atoms with Gasteiger partial charge in [-0.2, -0.15) is 0 Å². The van der Waals surface area contributed by atoms with Crippen LogP contribution in [0.4, 0.5) is 0 Å². The van der Waals surface area contributed by atoms with Crippen molar-refractivity contribution in [3.63, 3.8) is 0 Å². The van der Waals surface area contributed by atoms with Crippen molar-refractivity contribution in [2.24, 2.45) is 0 Å². The normalized spacial score (nSPS) is 42.3. The molecule has 3 saturated heterocycles. The van der Waals surface area contributed by atoms with Gasteiger partial charge in [0, 0.05) is 12.1 Å². The number of fused-ring (bicyclic) bond motifs is 2. The van der Waals surface area contributed by atoms with Crippen molar-refractivity contribution in [1.29, 1.82) is 0 Å². The van der Waals surface area contributed by atoms with Gasteiger partial charge < -0.3 is 4.74 Å². The minimum atomic E-state index is 0.772. The predicted octanol–water partition coefficient (Wildman–Crippen LogP) is 0.479. The lowest BCUT2D eigenvalue weighted by molar-refractivity contribution is -0.124. The number of morpholine rings is 1. The number of likely N-dealkylation sites (N-methyl/N-ethyl adjacent to an activating group) is 1. The molecule has 3 fully saturated rings. The largest absolute Gasteiger partial charge is 0.378 e. The monoisotopic (exact) mass is 127 g/mol. The van der Waals surface area contributed by atoms with Gasteiger partial charge in [0.2, 0.25) is 0 Å². The van der Waals surface area contributed by atoms with E-state index in [1.165, 1.54) is 13.0 Å². The molecule has 0 amide bonds. The molecule has 0 aromatic rings. The van der Waals surface area contributed by atoms with Crippen LogP contribution in [-0.2, 0) is 4.74 Å². The van der Waals surface area contributed by atoms with E-state index >= 15 is 0 Å². The standard InChI is InChI=1S/C7H13NO/c1-2-8-6-3-7(8)5-9-4-6/h6-7H,2-5H2,1H3/t6-,7+. The molecular weight excluding hydrogens is 114 g/mol. The summed E-state index contributed by atoms with van der Waals surface area (Å²) in [5.74, 6) is 0. The van der Waals surface area contributed by atoms with E-state index in [0.717, 1.165) is 25.3 Å². The molecule has 0 radical (unpaired) electrons. The van der Waals surface area contributed by atoms with Crippen LogP contribution < -0.4 is 0 Å². The zero-order valence-corrected chi connectivity index (χ0v) is 5.84. The van der Waals surface area contributed by atoms with E-state index in [1.807, 2.05) is 0 Å². The van der Waals surface area contributed by atoms with E-state index in [9.17, 15) is 0 Å². The second-order valence-electron chi connectivity index (χ2n) is 2.91. The van der Waals surface area contributed by atoms with Gasteiger partial charge in [-0.05, 0) is 13.0 Å². The Hall–Kier alpha value is -0.0800. The average molecular weight is 127 g/mol. The maximum Gasteiger partial charge on any atom is 0.0623 e. The molecular formula is C7H13NO. The van der Waals surface area contributed by atoms with E-state index in [0.29, 0.717) is 0 Å². The molecule has 2 bridgehead atoms. The van der Waals surface area contributed by atoms with Crippen LogP contribution in [0.15, 0.2) is 0 Å². The van der Waals surface area contributed by atoms with Gasteiger partial charge in [0.15, 0.2) is 0 Å². The van der Waals surface area contributed by atoms with Crippen LogP contribution in [0.2, 0.25) is 0 Å². The van der Waals surface area contributed by atoms with E-state index < -0.39 is 0 Å². The molecule has 2 heteroatoms. The van der Waals surface area contributed by atoms with Gasteiger partial charge in [-0.1, -0.05) is 6.92 Å². The van der Waals surface area contributed by atoms with Crippen LogP contribution in [0.1, 0.15) is 13.3 Å². The molecule has 2 atom stereocenters. The first-order chi connectivity index (χ1) is 4.42. The van der Waals surface area contributed by atoms with Crippen molar-refractivity contribution in [2.45, 2.75) is 25.4 Å². The highest BCUT2D eigenvalue weighted by atomic mass is 16.5. The van der Waals surface area contributed by atoms with Gasteiger partial charge in [-0.3, -0.25) is 4.90 Å². The summed E-state index contributed by atoms with van der Waals surface area (Å²) >= 11 is 0. The van der Waals surface area contributed by atoms with E-state index in [2.05, 4.69) is 11.8 Å². The lowest BCUT2D eigenvalue weighted by atomic mass is 9.92. The highest BCUT2D eigenvalue weighted by Crippen LogP contribution is 2.29. The summed E-state index contributed by atoms with van der Waals surface area (Å²) in [5, 5.41) is 0. The SMILES string of the molecule is CCN1[C@@H]2COC[C@H]1C2. The zero-order chi connectivity index (χ0) is 6.27. The first-order valence-electron chi connectivity index (χ1n) is 3.75. The fraction of sp³-hybridized carbons (Fsp3) is 1.00. The smallest absolute Gasteiger partial charge is 0.0623 e. The van der Waals surface area contributed by atoms with E-state index in [-0.39, 0.29) is 0 Å². The molecule has 3 heterocycles. The Kier molecular flexibility index (Phi) is 1.24. The van der Waals surface area contributed by atoms with Crippen LogP contribution in [0, 0.1) is 0 Å². The van der Waals surface area contributed by atoms with Crippen molar-refractivity contribution in [2.75, 3.05) is 19.8 Å². The van der Waals surface area contributed by atoms with Gasteiger partial charge in [-0.15, -0.1) is 0 Å². The molecule has 0 spiro atoms. The summed E-state index contributed by atoms with van der Waals surface area (Å²) in [7, 11) is 0. The number of hydrogen-bond donors (Lipinski definition) is 0. The van der Waals surface area contributed by atoms with Crippen LogP contribution in [-0.4, -0.2) is 36.7 Å². The van der Waals surface area contributed by atoms with Crippen molar-refractivity contribution < 1.29 is 4.74 Å². The third kappa shape index (κ3) is 0.700. The third-order valence-electron chi connectivity index (χ3n) is 2.47. The van der Waals surface area contributed by atoms with Crippen LogP contribution >= 0.6 is 0 Å². The van der Waals surface area contributed by atoms with Gasteiger partial charge in [0.05, 0.1) is 13.2 Å². The summed E-state index contributed by atoms with van der Waals surface area (Å²) in [6.45, 7) is 5.39. The Morgan fingerprint density at radius 2 is 2.11 bits per heavy atom. The molecule has 3 aliphatic heterocycles. The maximum absolute atomic E-state index is 5.32. The summed E-state index contributed by atoms with van der Waals surface area (Å²) in [6.07, 6.45) is 1.38. The minimum Gasteiger partial charge on any atom is -0.378 e. The van der Waals surface area contributed by atoms with Crippen molar-refractivity contribution >= 4 is 0 Å². The van der Waals surface area contributed by atoms with Crippen LogP contribution in [0.5, 0.6) is 0 Å². The molecule has 0 unspecified atom stereocenters. The maximum atomic E-state index is 5.32. The second-order valence-corrected chi connectivity index (χ2v) is 2.91. The molecule has 0 aromatic carbocycles. The van der Waals surface area contributed by atoms with Crippen LogP contribution in [0.3, 0.4) is 0 Å². The zero-order valence-electron chi connectivity index (χ0n) is 5.84. The van der Waals surface area contributed by atoms with Gasteiger partial charge in [-0.25, -0.2) is 0 Å². The molecule has 0 saturated carbocycles. The molecule has 0 aliphatic carbocycles. The summed E-state index contributed by atoms with van der Waals surface area (Å²) in [5.41, 5.74) is 0. The first kappa shape index (κ1) is 5.69. The minimum absolute atomic E-state index is 0.772. The van der Waals surface area contributed by atoms with Gasteiger partial charge in [0.1, 0.15) is 0 Å². The average Bonchev–Trinajstić information content (AvgIpc) is 1.90. The van der Waals surface area contributed by atoms with Gasteiger partial charge in [0.25, 0.3) is 0 Å². The van der Waals surface area contributed by atoms with Crippen LogP contribution in [0.25, 0.3) is 0 Å². The van der Waals surface area contributed by atoms with Crippen molar-refractivity contribution in [1.82, 2.24) is 4.90 Å². The van der Waals surface area contributed by atoms with Crippen molar-refractivity contribution in [3.8, 4) is 0 Å². The molecule has 3 rings (SSSR count). The predicted molar refractivity (Wildman–Crippen MR) is 35.4 cm³/mol. The fourth-order valence-corrected chi connectivity index (χ4v) is 1.93. The molecule has 52 valence electrons. The Morgan fingerprint density at radius 1 is 1.44 bits per heavy atom. The fourth-order valence-electron chi connectivity index (χ4n) is 1.93. The lowest BCUT2D eigenvalue weighted by Crippen LogP contribution is -2.63.